The van der Waals surface area contributed by atoms with E-state index >= 15 is 0 Å². The number of nitrogens with one attached hydrogen (secondary N) is 1. The van der Waals surface area contributed by atoms with Crippen LogP contribution in [0.4, 0.5) is 0 Å². The molecule has 2 N–H and O–H groups in total. The fourth-order valence-electron chi connectivity index (χ4n) is 2.05. The first-order chi connectivity index (χ1) is 9.16. The quantitative estimate of drug-likeness (QED) is 0.861. The maximum Gasteiger partial charge on any atom is 0.335 e. The summed E-state index contributed by atoms with van der Waals surface area (Å²) in [7, 11) is 0. The van der Waals surface area contributed by atoms with Gasteiger partial charge in [0.25, 0.3) is 0 Å². The number of carboxylic acids is 1. The Morgan fingerprint density at radius 3 is 2.63 bits per heavy atom. The molecule has 1 atom stereocenters. The lowest BCUT2D eigenvalue weighted by Crippen LogP contribution is -2.35. The van der Waals surface area contributed by atoms with Crippen LogP contribution in [0.25, 0.3) is 0 Å². The third-order valence-corrected chi connectivity index (χ3v) is 3.20. The normalized spacial score (nSPS) is 18.8. The van der Waals surface area contributed by atoms with Crippen LogP contribution in [0.3, 0.4) is 0 Å². The first-order valence-corrected chi connectivity index (χ1v) is 6.34. The van der Waals surface area contributed by atoms with Gasteiger partial charge in [0.1, 0.15) is 0 Å². The van der Waals surface area contributed by atoms with E-state index in [4.69, 9.17) is 9.84 Å². The van der Waals surface area contributed by atoms with Gasteiger partial charge in [0.05, 0.1) is 18.1 Å². The molecule has 5 heteroatoms. The number of ether oxygens (including phenoxy) is 1. The molecule has 0 spiro atoms. The van der Waals surface area contributed by atoms with E-state index in [1.807, 2.05) is 0 Å². The number of amides is 1. The van der Waals surface area contributed by atoms with E-state index in [2.05, 4.69) is 5.32 Å². The number of carbonyl (C=O) groups excluding carboxylic acids is 1. The molecule has 1 amide bonds. The predicted octanol–water partition coefficient (Wildman–Crippen LogP) is 1.43. The Morgan fingerprint density at radius 2 is 2.05 bits per heavy atom. The number of carboxylic acid groups (broad SMARTS) is 1. The summed E-state index contributed by atoms with van der Waals surface area (Å²) in [6.45, 7) is 1.64. The molecular formula is C14H17NO4. The largest absolute Gasteiger partial charge is 0.478 e. The average Bonchev–Trinajstić information content (AvgIpc) is 2.46. The highest BCUT2D eigenvalue weighted by atomic mass is 16.5. The smallest absolute Gasteiger partial charge is 0.335 e. The van der Waals surface area contributed by atoms with Crippen LogP contribution < -0.4 is 5.32 Å². The van der Waals surface area contributed by atoms with Crippen molar-refractivity contribution in [1.82, 2.24) is 5.32 Å². The van der Waals surface area contributed by atoms with Gasteiger partial charge in [-0.2, -0.15) is 0 Å². The van der Waals surface area contributed by atoms with Crippen molar-refractivity contribution in [2.45, 2.75) is 19.4 Å². The molecule has 0 saturated carbocycles. The zero-order chi connectivity index (χ0) is 13.7. The summed E-state index contributed by atoms with van der Waals surface area (Å²) in [6, 6.07) is 6.49. The SMILES string of the molecule is O=C(O)c1ccc(CNC(=O)C2CCCOC2)cc1. The van der Waals surface area contributed by atoms with E-state index in [1.165, 1.54) is 12.1 Å². The van der Waals surface area contributed by atoms with Gasteiger partial charge in [0.15, 0.2) is 0 Å². The number of benzene rings is 1. The number of rotatable bonds is 4. The van der Waals surface area contributed by atoms with Gasteiger partial charge in [-0.1, -0.05) is 12.1 Å². The van der Waals surface area contributed by atoms with E-state index in [9.17, 15) is 9.59 Å². The van der Waals surface area contributed by atoms with Gasteiger partial charge in [0.2, 0.25) is 5.91 Å². The van der Waals surface area contributed by atoms with Crippen LogP contribution in [0.1, 0.15) is 28.8 Å². The second kappa shape index (κ2) is 6.33. The van der Waals surface area contributed by atoms with Crippen molar-refractivity contribution in [3.63, 3.8) is 0 Å². The molecule has 1 aromatic carbocycles. The number of aromatic carboxylic acids is 1. The van der Waals surface area contributed by atoms with E-state index < -0.39 is 5.97 Å². The summed E-state index contributed by atoms with van der Waals surface area (Å²) in [6.07, 6.45) is 1.79. The molecule has 2 rings (SSSR count). The summed E-state index contributed by atoms with van der Waals surface area (Å²) < 4.78 is 5.27. The van der Waals surface area contributed by atoms with Crippen molar-refractivity contribution in [3.05, 3.63) is 35.4 Å². The van der Waals surface area contributed by atoms with E-state index in [0.717, 1.165) is 25.0 Å². The van der Waals surface area contributed by atoms with Gasteiger partial charge < -0.3 is 15.2 Å². The van der Waals surface area contributed by atoms with Crippen molar-refractivity contribution >= 4 is 11.9 Å². The minimum atomic E-state index is -0.949. The minimum absolute atomic E-state index is 0.00186. The van der Waals surface area contributed by atoms with Crippen LogP contribution in [-0.4, -0.2) is 30.2 Å². The van der Waals surface area contributed by atoms with Crippen molar-refractivity contribution < 1.29 is 19.4 Å². The zero-order valence-electron chi connectivity index (χ0n) is 10.6. The lowest BCUT2D eigenvalue weighted by atomic mass is 10.0. The van der Waals surface area contributed by atoms with Gasteiger partial charge in [-0.25, -0.2) is 4.79 Å². The van der Waals surface area contributed by atoms with Crippen LogP contribution in [0, 0.1) is 5.92 Å². The predicted molar refractivity (Wildman–Crippen MR) is 68.8 cm³/mol. The van der Waals surface area contributed by atoms with Crippen molar-refractivity contribution in [3.8, 4) is 0 Å². The van der Waals surface area contributed by atoms with E-state index in [1.54, 1.807) is 12.1 Å². The number of hydrogen-bond donors (Lipinski definition) is 2. The molecule has 1 aliphatic rings. The van der Waals surface area contributed by atoms with Crippen LogP contribution >= 0.6 is 0 Å². The van der Waals surface area contributed by atoms with Crippen molar-refractivity contribution in [2.75, 3.05) is 13.2 Å². The minimum Gasteiger partial charge on any atom is -0.478 e. The standard InChI is InChI=1S/C14H17NO4/c16-13(12-2-1-7-19-9-12)15-8-10-3-5-11(6-4-10)14(17)18/h3-6,12H,1-2,7-9H2,(H,15,16)(H,17,18). The molecule has 1 heterocycles. The summed E-state index contributed by atoms with van der Waals surface area (Å²) >= 11 is 0. The molecule has 1 aromatic rings. The first kappa shape index (κ1) is 13.5. The number of carbonyl (C=O) groups is 2. The van der Waals surface area contributed by atoms with Gasteiger partial charge in [0, 0.05) is 13.2 Å². The van der Waals surface area contributed by atoms with Crippen molar-refractivity contribution in [1.29, 1.82) is 0 Å². The third-order valence-electron chi connectivity index (χ3n) is 3.20. The molecule has 1 unspecified atom stereocenters. The Balaban J connectivity index is 1.84. The lowest BCUT2D eigenvalue weighted by molar-refractivity contribution is -0.129. The molecule has 0 radical (unpaired) electrons. The molecule has 19 heavy (non-hydrogen) atoms. The van der Waals surface area contributed by atoms with E-state index in [0.29, 0.717) is 13.2 Å². The monoisotopic (exact) mass is 263 g/mol. The summed E-state index contributed by atoms with van der Waals surface area (Å²) in [4.78, 5) is 22.6. The summed E-state index contributed by atoms with van der Waals surface area (Å²) in [5.41, 5.74) is 1.13. The molecular weight excluding hydrogens is 246 g/mol. The molecule has 0 aromatic heterocycles. The molecule has 1 fully saturated rings. The maximum absolute atomic E-state index is 11.9. The second-order valence-electron chi connectivity index (χ2n) is 4.63. The molecule has 102 valence electrons. The third kappa shape index (κ3) is 3.79. The first-order valence-electron chi connectivity index (χ1n) is 6.34. The fraction of sp³-hybridized carbons (Fsp3) is 0.429. The Kier molecular flexibility index (Phi) is 4.52. The molecule has 5 nitrogen and oxygen atoms in total. The molecule has 0 bridgehead atoms. The summed E-state index contributed by atoms with van der Waals surface area (Å²) in [5, 5.41) is 11.6. The highest BCUT2D eigenvalue weighted by Crippen LogP contribution is 2.13. The Hall–Kier alpha value is -1.88. The molecule has 1 aliphatic heterocycles. The van der Waals surface area contributed by atoms with Crippen LogP contribution in [0.5, 0.6) is 0 Å². The van der Waals surface area contributed by atoms with Crippen molar-refractivity contribution in [2.24, 2.45) is 5.92 Å². The van der Waals surface area contributed by atoms with Crippen LogP contribution in [0.2, 0.25) is 0 Å². The topological polar surface area (TPSA) is 75.6 Å². The Labute approximate surface area is 111 Å². The highest BCUT2D eigenvalue weighted by Gasteiger charge is 2.21. The number of hydrogen-bond acceptors (Lipinski definition) is 3. The van der Waals surface area contributed by atoms with Gasteiger partial charge in [-0.15, -0.1) is 0 Å². The lowest BCUT2D eigenvalue weighted by Gasteiger charge is -2.21. The van der Waals surface area contributed by atoms with Gasteiger partial charge in [-0.3, -0.25) is 4.79 Å². The average molecular weight is 263 g/mol. The van der Waals surface area contributed by atoms with Gasteiger partial charge >= 0.3 is 5.97 Å². The summed E-state index contributed by atoms with van der Waals surface area (Å²) in [5.74, 6) is -1.01. The second-order valence-corrected chi connectivity index (χ2v) is 4.63. The fourth-order valence-corrected chi connectivity index (χ4v) is 2.05. The molecule has 0 aliphatic carbocycles. The maximum atomic E-state index is 11.9. The highest BCUT2D eigenvalue weighted by molar-refractivity contribution is 5.87. The zero-order valence-corrected chi connectivity index (χ0v) is 10.6. The van der Waals surface area contributed by atoms with Crippen LogP contribution in [0.15, 0.2) is 24.3 Å². The van der Waals surface area contributed by atoms with E-state index in [-0.39, 0.29) is 17.4 Å². The Morgan fingerprint density at radius 1 is 1.32 bits per heavy atom. The Bertz CT molecular complexity index is 449. The van der Waals surface area contributed by atoms with Crippen LogP contribution in [-0.2, 0) is 16.1 Å². The molecule has 1 saturated heterocycles. The van der Waals surface area contributed by atoms with Gasteiger partial charge in [-0.05, 0) is 30.5 Å².